The van der Waals surface area contributed by atoms with E-state index in [1.165, 1.54) is 77.0 Å². The zero-order chi connectivity index (χ0) is 13.6. The zero-order valence-corrected chi connectivity index (χ0v) is 14.8. The number of thioether (sulfide) groups is 1. The first-order valence-corrected chi connectivity index (χ1v) is 11.2. The molecule has 0 radical (unpaired) electrons. The Morgan fingerprint density at radius 2 is 1.00 bits per heavy atom. The van der Waals surface area contributed by atoms with Gasteiger partial charge in [0.1, 0.15) is 10.5 Å². The van der Waals surface area contributed by atoms with E-state index in [1.54, 1.807) is 12.8 Å². The van der Waals surface area contributed by atoms with Crippen LogP contribution in [0.3, 0.4) is 0 Å². The zero-order valence-electron chi connectivity index (χ0n) is 13.1. The SMILES string of the molecule is C1CCC(SC2CCC([SH+]C3CCCCC3)CC2)CC1. The van der Waals surface area contributed by atoms with Crippen molar-refractivity contribution in [1.29, 1.82) is 0 Å². The van der Waals surface area contributed by atoms with Crippen molar-refractivity contribution in [2.24, 2.45) is 0 Å². The van der Waals surface area contributed by atoms with Crippen molar-refractivity contribution in [1.82, 2.24) is 0 Å². The fourth-order valence-corrected chi connectivity index (χ4v) is 7.88. The van der Waals surface area contributed by atoms with E-state index >= 15 is 0 Å². The molecule has 0 unspecified atom stereocenters. The van der Waals surface area contributed by atoms with Crippen molar-refractivity contribution < 1.29 is 0 Å². The van der Waals surface area contributed by atoms with Crippen molar-refractivity contribution in [2.45, 2.75) is 111 Å². The first kappa shape index (κ1) is 15.6. The number of rotatable bonds is 4. The topological polar surface area (TPSA) is 0 Å². The molecule has 0 N–H and O–H groups in total. The molecule has 0 aromatic rings. The van der Waals surface area contributed by atoms with Gasteiger partial charge in [0.2, 0.25) is 0 Å². The summed E-state index contributed by atoms with van der Waals surface area (Å²) in [4.78, 5) is 0. The van der Waals surface area contributed by atoms with E-state index in [-0.39, 0.29) is 0 Å². The lowest BCUT2D eigenvalue weighted by Gasteiger charge is -2.30. The monoisotopic (exact) mass is 313 g/mol. The van der Waals surface area contributed by atoms with E-state index < -0.39 is 0 Å². The van der Waals surface area contributed by atoms with Gasteiger partial charge in [0.05, 0.1) is 0 Å². The van der Waals surface area contributed by atoms with Crippen LogP contribution < -0.4 is 0 Å². The Morgan fingerprint density at radius 1 is 0.500 bits per heavy atom. The van der Waals surface area contributed by atoms with Crippen LogP contribution in [0.4, 0.5) is 0 Å². The molecule has 0 heterocycles. The highest BCUT2D eigenvalue weighted by atomic mass is 32.2. The van der Waals surface area contributed by atoms with E-state index in [4.69, 9.17) is 0 Å². The van der Waals surface area contributed by atoms with Crippen LogP contribution in [0.25, 0.3) is 0 Å². The Kier molecular flexibility index (Phi) is 6.52. The smallest absolute Gasteiger partial charge is 0.116 e. The van der Waals surface area contributed by atoms with Crippen molar-refractivity contribution in [2.75, 3.05) is 0 Å². The van der Waals surface area contributed by atoms with Gasteiger partial charge in [-0.05, 0) is 76.0 Å². The normalized spacial score (nSPS) is 34.2. The highest BCUT2D eigenvalue weighted by Crippen LogP contribution is 2.38. The summed E-state index contributed by atoms with van der Waals surface area (Å²) in [5, 5.41) is 4.20. The lowest BCUT2D eigenvalue weighted by Crippen LogP contribution is -2.28. The van der Waals surface area contributed by atoms with Crippen LogP contribution >= 0.6 is 11.8 Å². The van der Waals surface area contributed by atoms with Gasteiger partial charge < -0.3 is 0 Å². The third kappa shape index (κ3) is 4.87. The van der Waals surface area contributed by atoms with Crippen molar-refractivity contribution in [3.8, 4) is 0 Å². The molecule has 3 saturated carbocycles. The summed E-state index contributed by atoms with van der Waals surface area (Å²) in [6, 6.07) is 0. The first-order chi connectivity index (χ1) is 9.90. The van der Waals surface area contributed by atoms with Gasteiger partial charge in [0.15, 0.2) is 0 Å². The van der Waals surface area contributed by atoms with Gasteiger partial charge in [-0.25, -0.2) is 0 Å². The second kappa shape index (κ2) is 8.36. The molecule has 20 heavy (non-hydrogen) atoms. The third-order valence-electron chi connectivity index (χ3n) is 5.58. The second-order valence-electron chi connectivity index (χ2n) is 7.27. The largest absolute Gasteiger partial charge is 0.155 e. The van der Waals surface area contributed by atoms with E-state index in [9.17, 15) is 0 Å². The molecule has 3 aliphatic carbocycles. The van der Waals surface area contributed by atoms with Gasteiger partial charge in [-0.3, -0.25) is 0 Å². The minimum absolute atomic E-state index is 1.02. The molecule has 0 aromatic carbocycles. The second-order valence-corrected chi connectivity index (χ2v) is 10.6. The molecule has 0 bridgehead atoms. The van der Waals surface area contributed by atoms with Crippen molar-refractivity contribution in [3.63, 3.8) is 0 Å². The Bertz CT molecular complexity index is 231. The number of thiol groups is 1. The van der Waals surface area contributed by atoms with Crippen LogP contribution in [0.2, 0.25) is 0 Å². The molecule has 0 aromatic heterocycles. The van der Waals surface area contributed by atoms with Gasteiger partial charge in [0, 0.05) is 10.5 Å². The third-order valence-corrected chi connectivity index (χ3v) is 9.17. The van der Waals surface area contributed by atoms with Crippen molar-refractivity contribution in [3.05, 3.63) is 0 Å². The van der Waals surface area contributed by atoms with Crippen molar-refractivity contribution >= 4 is 23.5 Å². The number of hydrogen-bond acceptors (Lipinski definition) is 1. The summed E-state index contributed by atoms with van der Waals surface area (Å²) in [6.45, 7) is 0. The molecule has 0 atom stereocenters. The molecule has 3 fully saturated rings. The van der Waals surface area contributed by atoms with Gasteiger partial charge in [-0.2, -0.15) is 11.8 Å². The van der Waals surface area contributed by atoms with Gasteiger partial charge in [0.25, 0.3) is 0 Å². The summed E-state index contributed by atoms with van der Waals surface area (Å²) in [6.07, 6.45) is 21.3. The minimum atomic E-state index is 1.02. The summed E-state index contributed by atoms with van der Waals surface area (Å²) in [5.41, 5.74) is 0. The molecule has 116 valence electrons. The lowest BCUT2D eigenvalue weighted by atomic mass is 9.99. The van der Waals surface area contributed by atoms with E-state index in [0.29, 0.717) is 0 Å². The molecule has 3 rings (SSSR count). The fourth-order valence-electron chi connectivity index (χ4n) is 4.33. The maximum Gasteiger partial charge on any atom is 0.116 e. The summed E-state index contributed by atoms with van der Waals surface area (Å²) in [5.74, 6) is 0. The number of hydrogen-bond donors (Lipinski definition) is 0. The van der Waals surface area contributed by atoms with Gasteiger partial charge in [-0.1, -0.05) is 25.7 Å². The molecule has 0 spiro atoms. The minimum Gasteiger partial charge on any atom is -0.155 e. The predicted octanol–water partition coefficient (Wildman–Crippen LogP) is 5.51. The highest BCUT2D eigenvalue weighted by Gasteiger charge is 2.31. The van der Waals surface area contributed by atoms with Crippen LogP contribution in [0, 0.1) is 0 Å². The maximum atomic E-state index is 2.39. The molecule has 2 heteroatoms. The van der Waals surface area contributed by atoms with E-state index in [2.05, 4.69) is 11.8 Å². The predicted molar refractivity (Wildman–Crippen MR) is 96.1 cm³/mol. The Balaban J connectivity index is 1.33. The average Bonchev–Trinajstić information content (AvgIpc) is 2.51. The molecular formula is C18H33S2+. The molecular weight excluding hydrogens is 280 g/mol. The van der Waals surface area contributed by atoms with E-state index in [1.807, 2.05) is 11.8 Å². The molecule has 0 amide bonds. The van der Waals surface area contributed by atoms with Crippen LogP contribution in [0.1, 0.15) is 89.9 Å². The van der Waals surface area contributed by atoms with Crippen LogP contribution in [-0.4, -0.2) is 21.0 Å². The molecule has 0 nitrogen and oxygen atoms in total. The Labute approximate surface area is 134 Å². The van der Waals surface area contributed by atoms with Crippen LogP contribution in [-0.2, 0) is 11.8 Å². The lowest BCUT2D eigenvalue weighted by molar-refractivity contribution is 0.490. The molecule has 0 aliphatic heterocycles. The maximum absolute atomic E-state index is 2.39. The first-order valence-electron chi connectivity index (χ1n) is 9.25. The Hall–Kier alpha value is 0.700. The Morgan fingerprint density at radius 3 is 1.65 bits per heavy atom. The van der Waals surface area contributed by atoms with Crippen LogP contribution in [0.5, 0.6) is 0 Å². The summed E-state index contributed by atoms with van der Waals surface area (Å²) < 4.78 is 0. The standard InChI is InChI=1S/C18H32S2/c1-3-7-15(8-4-1)19-17-11-13-18(14-12-17)20-16-9-5-2-6-10-16/h15-18H,1-14H2/p+1. The highest BCUT2D eigenvalue weighted by molar-refractivity contribution is 8.00. The summed E-state index contributed by atoms with van der Waals surface area (Å²) in [7, 11) is 0. The van der Waals surface area contributed by atoms with E-state index in [0.717, 1.165) is 21.0 Å². The molecule has 0 saturated heterocycles. The summed E-state index contributed by atoms with van der Waals surface area (Å²) >= 11 is 4.24. The van der Waals surface area contributed by atoms with Gasteiger partial charge >= 0.3 is 0 Å². The quantitative estimate of drug-likeness (QED) is 0.487. The average molecular weight is 314 g/mol. The van der Waals surface area contributed by atoms with Gasteiger partial charge in [-0.15, -0.1) is 0 Å². The molecule has 3 aliphatic rings. The fraction of sp³-hybridized carbons (Fsp3) is 1.00. The van der Waals surface area contributed by atoms with Crippen LogP contribution in [0.15, 0.2) is 0 Å².